The minimum absolute atomic E-state index is 0.00427. The van der Waals surface area contributed by atoms with Crippen LogP contribution in [0.5, 0.6) is 0 Å². The van der Waals surface area contributed by atoms with Gasteiger partial charge >= 0.3 is 12.1 Å². The van der Waals surface area contributed by atoms with Gasteiger partial charge in [-0.25, -0.2) is 4.79 Å². The van der Waals surface area contributed by atoms with Crippen LogP contribution in [0.25, 0.3) is 22.1 Å². The number of hydrogen-bond acceptors (Lipinski definition) is 6. The highest BCUT2D eigenvalue weighted by molar-refractivity contribution is 6.13. The van der Waals surface area contributed by atoms with Crippen LogP contribution in [0.2, 0.25) is 0 Å². The second-order valence-corrected chi connectivity index (χ2v) is 7.14. The fourth-order valence-electron chi connectivity index (χ4n) is 3.44. The van der Waals surface area contributed by atoms with Crippen molar-refractivity contribution in [2.75, 3.05) is 11.1 Å². The van der Waals surface area contributed by atoms with Gasteiger partial charge in [0.2, 0.25) is 0 Å². The monoisotopic (exact) mass is 466 g/mol. The van der Waals surface area contributed by atoms with Gasteiger partial charge in [-0.15, -0.1) is 0 Å². The molecule has 1 amide bonds. The predicted molar refractivity (Wildman–Crippen MR) is 115 cm³/mol. The number of carbonyl (C=O) groups excluding carboxylic acids is 1. The largest absolute Gasteiger partial charge is 0.478 e. The van der Waals surface area contributed by atoms with Crippen LogP contribution in [0, 0.1) is 11.3 Å². The maximum Gasteiger partial charge on any atom is 0.417 e. The van der Waals surface area contributed by atoms with Gasteiger partial charge in [0.25, 0.3) is 5.91 Å². The third-order valence-corrected chi connectivity index (χ3v) is 5.01. The summed E-state index contributed by atoms with van der Waals surface area (Å²) in [4.78, 5) is 24.3. The molecular weight excluding hydrogens is 453 g/mol. The van der Waals surface area contributed by atoms with Crippen molar-refractivity contribution in [3.05, 3.63) is 77.0 Å². The molecular formula is C23H13F3N4O4. The van der Waals surface area contributed by atoms with Gasteiger partial charge in [0.1, 0.15) is 0 Å². The number of amides is 1. The lowest BCUT2D eigenvalue weighted by Gasteiger charge is -2.14. The lowest BCUT2D eigenvalue weighted by atomic mass is 9.96. The van der Waals surface area contributed by atoms with E-state index in [0.717, 1.165) is 12.1 Å². The first-order valence-corrected chi connectivity index (χ1v) is 9.54. The standard InChI is InChI=1S/C23H13F3N4O4/c24-23(25,26)16-4-2-1-3-12(16)13-9-19-15(8-17(13)28)20(30-34-19)21(31)29-18-6-5-11(10-27)7-14(18)22(32)33/h1-9H,28H2,(H,29,31)(H,32,33). The van der Waals surface area contributed by atoms with E-state index in [1.807, 2.05) is 0 Å². The van der Waals surface area contributed by atoms with E-state index in [4.69, 9.17) is 15.5 Å². The molecule has 0 radical (unpaired) electrons. The number of nitrogens with zero attached hydrogens (tertiary/aromatic N) is 2. The number of alkyl halides is 3. The molecule has 8 nitrogen and oxygen atoms in total. The van der Waals surface area contributed by atoms with Crippen LogP contribution in [0.3, 0.4) is 0 Å². The molecule has 0 aliphatic carbocycles. The smallest absolute Gasteiger partial charge is 0.417 e. The van der Waals surface area contributed by atoms with Crippen LogP contribution in [0.1, 0.15) is 32.0 Å². The number of hydrogen-bond donors (Lipinski definition) is 3. The molecule has 0 aliphatic rings. The van der Waals surface area contributed by atoms with Crippen LogP contribution >= 0.6 is 0 Å². The number of anilines is 2. The summed E-state index contributed by atoms with van der Waals surface area (Å²) in [6, 6.07) is 12.9. The highest BCUT2D eigenvalue weighted by Gasteiger charge is 2.34. The number of benzene rings is 3. The Morgan fingerprint density at radius 2 is 1.82 bits per heavy atom. The number of rotatable bonds is 4. The lowest BCUT2D eigenvalue weighted by molar-refractivity contribution is -0.137. The van der Waals surface area contributed by atoms with Crippen molar-refractivity contribution in [1.29, 1.82) is 5.26 Å². The first kappa shape index (κ1) is 22.3. The molecule has 0 fully saturated rings. The van der Waals surface area contributed by atoms with E-state index < -0.39 is 23.6 Å². The number of nitrogens with two attached hydrogens (primary N) is 1. The van der Waals surface area contributed by atoms with Crippen molar-refractivity contribution >= 4 is 34.2 Å². The number of aromatic carboxylic acids is 1. The van der Waals surface area contributed by atoms with Crippen molar-refractivity contribution in [2.24, 2.45) is 0 Å². The number of nitriles is 1. The highest BCUT2D eigenvalue weighted by Crippen LogP contribution is 2.40. The zero-order valence-corrected chi connectivity index (χ0v) is 17.0. The van der Waals surface area contributed by atoms with E-state index in [1.54, 1.807) is 6.07 Å². The fraction of sp³-hybridized carbons (Fsp3) is 0.0435. The number of nitrogens with one attached hydrogen (secondary N) is 1. The van der Waals surface area contributed by atoms with Gasteiger partial charge in [-0.05, 0) is 42.0 Å². The molecule has 11 heteroatoms. The Labute approximate surface area is 189 Å². The van der Waals surface area contributed by atoms with Gasteiger partial charge in [0.15, 0.2) is 11.3 Å². The van der Waals surface area contributed by atoms with E-state index in [0.29, 0.717) is 0 Å². The molecule has 0 atom stereocenters. The van der Waals surface area contributed by atoms with E-state index in [1.165, 1.54) is 42.5 Å². The Balaban J connectivity index is 1.74. The molecule has 0 spiro atoms. The van der Waals surface area contributed by atoms with Crippen LogP contribution in [-0.4, -0.2) is 22.1 Å². The first-order valence-electron chi connectivity index (χ1n) is 9.54. The maximum absolute atomic E-state index is 13.4. The number of aromatic nitrogens is 1. The molecule has 1 heterocycles. The minimum atomic E-state index is -4.62. The molecule has 0 aliphatic heterocycles. The predicted octanol–water partition coefficient (Wildman–Crippen LogP) is 4.92. The summed E-state index contributed by atoms with van der Waals surface area (Å²) in [5, 5.41) is 24.5. The third kappa shape index (κ3) is 4.00. The van der Waals surface area contributed by atoms with Crippen molar-refractivity contribution in [3.63, 3.8) is 0 Å². The van der Waals surface area contributed by atoms with Gasteiger partial charge in [0, 0.05) is 11.3 Å². The SMILES string of the molecule is N#Cc1ccc(NC(=O)c2noc3cc(-c4ccccc4C(F)(F)F)c(N)cc23)c(C(=O)O)c1. The van der Waals surface area contributed by atoms with E-state index >= 15 is 0 Å². The van der Waals surface area contributed by atoms with Gasteiger partial charge < -0.3 is 20.7 Å². The molecule has 4 N–H and O–H groups in total. The average molecular weight is 466 g/mol. The summed E-state index contributed by atoms with van der Waals surface area (Å²) < 4.78 is 45.5. The quantitative estimate of drug-likeness (QED) is 0.362. The van der Waals surface area contributed by atoms with Crippen LogP contribution in [-0.2, 0) is 6.18 Å². The zero-order valence-electron chi connectivity index (χ0n) is 17.0. The molecule has 4 rings (SSSR count). The van der Waals surface area contributed by atoms with Gasteiger partial charge in [-0.3, -0.25) is 4.79 Å². The van der Waals surface area contributed by atoms with Crippen molar-refractivity contribution in [3.8, 4) is 17.2 Å². The summed E-state index contributed by atoms with van der Waals surface area (Å²) in [6.07, 6.45) is -4.62. The summed E-state index contributed by atoms with van der Waals surface area (Å²) in [5.74, 6) is -2.21. The molecule has 4 aromatic rings. The molecule has 34 heavy (non-hydrogen) atoms. The fourth-order valence-corrected chi connectivity index (χ4v) is 3.44. The molecule has 3 aromatic carbocycles. The molecule has 0 bridgehead atoms. The second-order valence-electron chi connectivity index (χ2n) is 7.14. The topological polar surface area (TPSA) is 142 Å². The second kappa shape index (κ2) is 8.25. The van der Waals surface area contributed by atoms with E-state index in [-0.39, 0.29) is 50.3 Å². The molecule has 0 saturated heterocycles. The molecule has 0 unspecified atom stereocenters. The summed E-state index contributed by atoms with van der Waals surface area (Å²) in [6.45, 7) is 0. The first-order chi connectivity index (χ1) is 16.1. The van der Waals surface area contributed by atoms with Gasteiger partial charge in [0.05, 0.1) is 33.8 Å². The Morgan fingerprint density at radius 1 is 1.09 bits per heavy atom. The van der Waals surface area contributed by atoms with Gasteiger partial charge in [-0.1, -0.05) is 23.4 Å². The molecule has 170 valence electrons. The summed E-state index contributed by atoms with van der Waals surface area (Å²) in [7, 11) is 0. The Hall–Kier alpha value is -4.85. The van der Waals surface area contributed by atoms with E-state index in [9.17, 15) is 27.9 Å². The number of carboxylic acids is 1. The number of carboxylic acid groups (broad SMARTS) is 1. The molecule has 0 saturated carbocycles. The number of fused-ring (bicyclic) bond motifs is 1. The average Bonchev–Trinajstić information content (AvgIpc) is 3.20. The third-order valence-electron chi connectivity index (χ3n) is 5.01. The van der Waals surface area contributed by atoms with E-state index in [2.05, 4.69) is 10.5 Å². The van der Waals surface area contributed by atoms with Crippen molar-refractivity contribution in [1.82, 2.24) is 5.16 Å². The van der Waals surface area contributed by atoms with Gasteiger partial charge in [-0.2, -0.15) is 18.4 Å². The van der Waals surface area contributed by atoms with Crippen molar-refractivity contribution in [2.45, 2.75) is 6.18 Å². The molecule has 1 aromatic heterocycles. The number of carbonyl (C=O) groups is 2. The summed E-state index contributed by atoms with van der Waals surface area (Å²) >= 11 is 0. The number of halogens is 3. The van der Waals surface area contributed by atoms with Crippen molar-refractivity contribution < 1.29 is 32.4 Å². The summed E-state index contributed by atoms with van der Waals surface area (Å²) in [5.41, 5.74) is 4.41. The van der Waals surface area contributed by atoms with Crippen LogP contribution in [0.4, 0.5) is 24.5 Å². The Kier molecular flexibility index (Phi) is 5.42. The number of nitrogen functional groups attached to an aromatic ring is 1. The lowest BCUT2D eigenvalue weighted by Crippen LogP contribution is -2.15. The Bertz CT molecular complexity index is 1500. The minimum Gasteiger partial charge on any atom is -0.478 e. The Morgan fingerprint density at radius 3 is 2.50 bits per heavy atom. The van der Waals surface area contributed by atoms with Crippen LogP contribution in [0.15, 0.2) is 59.1 Å². The normalized spacial score (nSPS) is 11.2. The van der Waals surface area contributed by atoms with Crippen LogP contribution < -0.4 is 11.1 Å². The maximum atomic E-state index is 13.4. The highest BCUT2D eigenvalue weighted by atomic mass is 19.4. The zero-order chi connectivity index (χ0) is 24.6.